The van der Waals surface area contributed by atoms with Crippen LogP contribution in [0, 0.1) is 0 Å². The van der Waals surface area contributed by atoms with Crippen LogP contribution in [0.5, 0.6) is 0 Å². The molecule has 184 valence electrons. The SMILES string of the molecule is CCCc1ccc(N(c2ccccc2)c2ccc(C=Cc3c4ccccc4cc4ccccc34)cc2)cc1. The quantitative estimate of drug-likeness (QED) is 0.159. The summed E-state index contributed by atoms with van der Waals surface area (Å²) >= 11 is 0. The number of aryl methyl sites for hydroxylation is 1. The second-order valence-corrected chi connectivity index (χ2v) is 9.74. The van der Waals surface area contributed by atoms with E-state index in [0.717, 1.165) is 24.2 Å². The van der Waals surface area contributed by atoms with Crippen LogP contribution in [0.1, 0.15) is 30.0 Å². The van der Waals surface area contributed by atoms with Crippen molar-refractivity contribution in [2.24, 2.45) is 0 Å². The fourth-order valence-corrected chi connectivity index (χ4v) is 5.27. The van der Waals surface area contributed by atoms with Crippen molar-refractivity contribution < 1.29 is 0 Å². The van der Waals surface area contributed by atoms with Crippen LogP contribution < -0.4 is 4.90 Å². The molecule has 0 aromatic heterocycles. The van der Waals surface area contributed by atoms with E-state index in [1.165, 1.54) is 43.9 Å². The standard InChI is InChI=1S/C37H31N/c1-2-10-28-17-22-33(23-18-28)38(32-13-4-3-5-14-32)34-24-19-29(20-25-34)21-26-37-35-15-8-6-11-30(35)27-31-12-7-9-16-36(31)37/h3-9,11-27H,2,10H2,1H3. The zero-order valence-corrected chi connectivity index (χ0v) is 21.7. The molecular weight excluding hydrogens is 458 g/mol. The molecule has 0 fully saturated rings. The lowest BCUT2D eigenvalue weighted by Gasteiger charge is -2.25. The molecule has 0 bridgehead atoms. The second kappa shape index (κ2) is 10.8. The highest BCUT2D eigenvalue weighted by Gasteiger charge is 2.12. The van der Waals surface area contributed by atoms with E-state index < -0.39 is 0 Å². The van der Waals surface area contributed by atoms with Crippen LogP contribution in [-0.4, -0.2) is 0 Å². The van der Waals surface area contributed by atoms with Crippen LogP contribution in [0.4, 0.5) is 17.1 Å². The molecule has 0 aliphatic carbocycles. The van der Waals surface area contributed by atoms with Crippen LogP contribution in [0.25, 0.3) is 33.7 Å². The van der Waals surface area contributed by atoms with Gasteiger partial charge in [-0.15, -0.1) is 0 Å². The van der Waals surface area contributed by atoms with Gasteiger partial charge in [0.15, 0.2) is 0 Å². The number of benzene rings is 6. The smallest absolute Gasteiger partial charge is 0.0462 e. The highest BCUT2D eigenvalue weighted by Crippen LogP contribution is 2.35. The molecule has 0 saturated heterocycles. The van der Waals surface area contributed by atoms with E-state index in [4.69, 9.17) is 0 Å². The van der Waals surface area contributed by atoms with E-state index in [2.05, 4.69) is 157 Å². The molecule has 0 aliphatic heterocycles. The van der Waals surface area contributed by atoms with Crippen LogP contribution in [0.15, 0.2) is 133 Å². The van der Waals surface area contributed by atoms with E-state index in [0.29, 0.717) is 0 Å². The van der Waals surface area contributed by atoms with Gasteiger partial charge in [0, 0.05) is 17.1 Å². The van der Waals surface area contributed by atoms with Crippen molar-refractivity contribution in [2.75, 3.05) is 4.90 Å². The minimum Gasteiger partial charge on any atom is -0.311 e. The van der Waals surface area contributed by atoms with Crippen LogP contribution >= 0.6 is 0 Å². The number of para-hydroxylation sites is 1. The Hall–Kier alpha value is -4.62. The molecule has 0 radical (unpaired) electrons. The number of fused-ring (bicyclic) bond motifs is 2. The molecule has 0 heterocycles. The van der Waals surface area contributed by atoms with Gasteiger partial charge in [-0.2, -0.15) is 0 Å². The van der Waals surface area contributed by atoms with Crippen molar-refractivity contribution in [1.29, 1.82) is 0 Å². The summed E-state index contributed by atoms with van der Waals surface area (Å²) in [5.74, 6) is 0. The Morgan fingerprint density at radius 2 is 1.05 bits per heavy atom. The Morgan fingerprint density at radius 1 is 0.526 bits per heavy atom. The lowest BCUT2D eigenvalue weighted by atomic mass is 9.96. The summed E-state index contributed by atoms with van der Waals surface area (Å²) < 4.78 is 0. The third-order valence-corrected chi connectivity index (χ3v) is 7.15. The summed E-state index contributed by atoms with van der Waals surface area (Å²) in [7, 11) is 0. The first-order chi connectivity index (χ1) is 18.8. The van der Waals surface area contributed by atoms with Crippen LogP contribution in [0.2, 0.25) is 0 Å². The summed E-state index contributed by atoms with van der Waals surface area (Å²) in [6, 6.07) is 48.0. The number of hydrogen-bond donors (Lipinski definition) is 0. The van der Waals surface area contributed by atoms with E-state index in [1.807, 2.05) is 0 Å². The maximum absolute atomic E-state index is 2.32. The van der Waals surface area contributed by atoms with Gasteiger partial charge in [-0.25, -0.2) is 0 Å². The van der Waals surface area contributed by atoms with Crippen molar-refractivity contribution in [2.45, 2.75) is 19.8 Å². The molecule has 0 unspecified atom stereocenters. The molecule has 1 nitrogen and oxygen atoms in total. The Kier molecular flexibility index (Phi) is 6.74. The van der Waals surface area contributed by atoms with Crippen molar-refractivity contribution >= 4 is 50.8 Å². The summed E-state index contributed by atoms with van der Waals surface area (Å²) in [5.41, 5.74) is 7.29. The lowest BCUT2D eigenvalue weighted by molar-refractivity contribution is 0.922. The molecule has 6 aromatic carbocycles. The first-order valence-electron chi connectivity index (χ1n) is 13.4. The maximum Gasteiger partial charge on any atom is 0.0462 e. The van der Waals surface area contributed by atoms with Gasteiger partial charge in [-0.3, -0.25) is 0 Å². The summed E-state index contributed by atoms with van der Waals surface area (Å²) in [4.78, 5) is 2.32. The molecule has 0 aliphatic rings. The molecular formula is C37H31N. The van der Waals surface area contributed by atoms with Crippen molar-refractivity contribution in [3.05, 3.63) is 150 Å². The maximum atomic E-state index is 2.32. The Morgan fingerprint density at radius 3 is 1.66 bits per heavy atom. The number of hydrogen-bond acceptors (Lipinski definition) is 1. The zero-order chi connectivity index (χ0) is 25.7. The minimum absolute atomic E-state index is 1.11. The number of nitrogens with zero attached hydrogens (tertiary/aromatic N) is 1. The molecule has 38 heavy (non-hydrogen) atoms. The Bertz CT molecular complexity index is 1640. The first-order valence-corrected chi connectivity index (χ1v) is 13.4. The van der Waals surface area contributed by atoms with E-state index in [9.17, 15) is 0 Å². The van der Waals surface area contributed by atoms with Crippen molar-refractivity contribution in [3.8, 4) is 0 Å². The molecule has 0 spiro atoms. The first kappa shape index (κ1) is 23.8. The highest BCUT2D eigenvalue weighted by molar-refractivity contribution is 6.07. The Labute approximate surface area is 225 Å². The van der Waals surface area contributed by atoms with Gasteiger partial charge in [0.2, 0.25) is 0 Å². The third kappa shape index (κ3) is 4.84. The normalized spacial score (nSPS) is 11.4. The van der Waals surface area contributed by atoms with Crippen molar-refractivity contribution in [1.82, 2.24) is 0 Å². The summed E-state index contributed by atoms with van der Waals surface area (Å²) in [5, 5.41) is 5.09. The van der Waals surface area contributed by atoms with Gasteiger partial charge in [0.05, 0.1) is 0 Å². The molecule has 1 heteroatoms. The molecule has 0 amide bonds. The van der Waals surface area contributed by atoms with E-state index in [1.54, 1.807) is 0 Å². The molecule has 0 atom stereocenters. The largest absolute Gasteiger partial charge is 0.311 e. The van der Waals surface area contributed by atoms with Gasteiger partial charge in [0.1, 0.15) is 0 Å². The van der Waals surface area contributed by atoms with Crippen molar-refractivity contribution in [3.63, 3.8) is 0 Å². The lowest BCUT2D eigenvalue weighted by Crippen LogP contribution is -2.09. The van der Waals surface area contributed by atoms with Crippen LogP contribution in [0.3, 0.4) is 0 Å². The average Bonchev–Trinajstić information content (AvgIpc) is 2.98. The Balaban J connectivity index is 1.35. The minimum atomic E-state index is 1.11. The number of rotatable bonds is 7. The monoisotopic (exact) mass is 489 g/mol. The summed E-state index contributed by atoms with van der Waals surface area (Å²) in [6.07, 6.45) is 6.76. The van der Waals surface area contributed by atoms with Gasteiger partial charge in [-0.05, 0) is 87.1 Å². The predicted molar refractivity (Wildman–Crippen MR) is 166 cm³/mol. The van der Waals surface area contributed by atoms with Gasteiger partial charge < -0.3 is 4.90 Å². The van der Waals surface area contributed by atoms with Gasteiger partial charge in [-0.1, -0.05) is 116 Å². The summed E-state index contributed by atoms with van der Waals surface area (Å²) in [6.45, 7) is 2.23. The molecule has 0 saturated carbocycles. The highest BCUT2D eigenvalue weighted by atomic mass is 15.1. The molecule has 6 rings (SSSR count). The average molecular weight is 490 g/mol. The van der Waals surface area contributed by atoms with E-state index >= 15 is 0 Å². The third-order valence-electron chi connectivity index (χ3n) is 7.15. The fraction of sp³-hybridized carbons (Fsp3) is 0.0811. The van der Waals surface area contributed by atoms with E-state index in [-0.39, 0.29) is 0 Å². The fourth-order valence-electron chi connectivity index (χ4n) is 5.27. The zero-order valence-electron chi connectivity index (χ0n) is 21.7. The van der Waals surface area contributed by atoms with Gasteiger partial charge in [0.25, 0.3) is 0 Å². The van der Waals surface area contributed by atoms with Crippen LogP contribution in [-0.2, 0) is 6.42 Å². The second-order valence-electron chi connectivity index (χ2n) is 9.74. The predicted octanol–water partition coefficient (Wildman–Crippen LogP) is 10.6. The molecule has 6 aromatic rings. The number of anilines is 3. The van der Waals surface area contributed by atoms with Gasteiger partial charge >= 0.3 is 0 Å². The molecule has 0 N–H and O–H groups in total. The topological polar surface area (TPSA) is 3.24 Å².